The highest BCUT2D eigenvalue weighted by Gasteiger charge is 2.53. The van der Waals surface area contributed by atoms with Crippen molar-refractivity contribution in [2.24, 2.45) is 10.1 Å². The van der Waals surface area contributed by atoms with Crippen LogP contribution in [0.4, 0.5) is 0 Å². The lowest BCUT2D eigenvalue weighted by Gasteiger charge is -2.31. The lowest BCUT2D eigenvalue weighted by atomic mass is 9.81. The minimum Gasteiger partial charge on any atom is -0.494 e. The zero-order chi connectivity index (χ0) is 33.1. The maximum absolute atomic E-state index is 14.5. The maximum atomic E-state index is 14.5. The molecule has 2 atom stereocenters. The van der Waals surface area contributed by atoms with Gasteiger partial charge in [0.15, 0.2) is 11.6 Å². The molecule has 1 aliphatic heterocycles. The summed E-state index contributed by atoms with van der Waals surface area (Å²) in [6.07, 6.45) is 0.430. The predicted molar refractivity (Wildman–Crippen MR) is 182 cm³/mol. The summed E-state index contributed by atoms with van der Waals surface area (Å²) >= 11 is 12.4. The first-order valence-corrected chi connectivity index (χ1v) is 15.9. The van der Waals surface area contributed by atoms with Gasteiger partial charge in [0, 0.05) is 46.5 Å². The minimum atomic E-state index is -1.45. The smallest absolute Gasteiger partial charge is 0.266 e. The van der Waals surface area contributed by atoms with E-state index in [2.05, 4.69) is 20.9 Å². The molecule has 0 spiro atoms. The van der Waals surface area contributed by atoms with Crippen molar-refractivity contribution >= 4 is 35.0 Å². The van der Waals surface area contributed by atoms with Gasteiger partial charge in [-0.25, -0.2) is 10.4 Å². The fraction of sp³-hybridized carbons (Fsp3) is 0.257. The van der Waals surface area contributed by atoms with E-state index in [0.29, 0.717) is 53.2 Å². The van der Waals surface area contributed by atoms with Crippen molar-refractivity contribution in [1.82, 2.24) is 10.9 Å². The molecule has 0 aromatic heterocycles. The predicted octanol–water partition coefficient (Wildman–Crippen LogP) is 6.93. The monoisotopic (exact) mass is 672 g/mol. The van der Waals surface area contributed by atoms with Crippen molar-refractivity contribution < 1.29 is 19.4 Å². The van der Waals surface area contributed by atoms with Crippen molar-refractivity contribution in [2.45, 2.75) is 37.5 Å². The van der Waals surface area contributed by atoms with Crippen LogP contribution in [0.3, 0.4) is 0 Å². The third-order valence-electron chi connectivity index (χ3n) is 7.75. The minimum absolute atomic E-state index is 0.0451. The summed E-state index contributed by atoms with van der Waals surface area (Å²) in [5.74, 6) is 0.545. The van der Waals surface area contributed by atoms with Gasteiger partial charge in [-0.1, -0.05) is 89.0 Å². The van der Waals surface area contributed by atoms with Crippen LogP contribution in [0.15, 0.2) is 107 Å². The molecule has 5 rings (SSSR count). The summed E-state index contributed by atoms with van der Waals surface area (Å²) < 4.78 is 12.3. The number of hydrogen-bond donors (Lipinski definition) is 3. The Morgan fingerprint density at radius 3 is 2.47 bits per heavy atom. The maximum Gasteiger partial charge on any atom is 0.266 e. The number of aliphatic hydroxyl groups is 1. The molecule has 47 heavy (non-hydrogen) atoms. The quantitative estimate of drug-likeness (QED) is 0.0413. The lowest BCUT2D eigenvalue weighted by Crippen LogP contribution is -2.54. The van der Waals surface area contributed by atoms with Crippen molar-refractivity contribution in [3.05, 3.63) is 145 Å². The number of nitrogens with zero attached hydrogens (tertiary/aromatic N) is 4. The van der Waals surface area contributed by atoms with E-state index in [-0.39, 0.29) is 19.6 Å². The summed E-state index contributed by atoms with van der Waals surface area (Å²) in [6.45, 7) is 0.945. The number of rotatable bonds is 15. The Hall–Kier alpha value is -4.57. The number of aliphatic hydroxyl groups excluding tert-OH is 1. The normalized spacial score (nSPS) is 16.9. The second kappa shape index (κ2) is 16.3. The first kappa shape index (κ1) is 33.8. The molecule has 0 radical (unpaired) electrons. The molecule has 10 nitrogen and oxygen atoms in total. The lowest BCUT2D eigenvalue weighted by molar-refractivity contribution is -0.130. The second-order valence-electron chi connectivity index (χ2n) is 10.9. The van der Waals surface area contributed by atoms with Gasteiger partial charge in [-0.05, 0) is 70.6 Å². The zero-order valence-electron chi connectivity index (χ0n) is 25.5. The van der Waals surface area contributed by atoms with Crippen LogP contribution in [0.25, 0.3) is 10.4 Å². The second-order valence-corrected chi connectivity index (χ2v) is 11.7. The van der Waals surface area contributed by atoms with Gasteiger partial charge in [-0.2, -0.15) is 0 Å². The molecule has 0 aliphatic carbocycles. The van der Waals surface area contributed by atoms with E-state index in [9.17, 15) is 4.79 Å². The number of carbonyl (C=O) groups is 1. The third kappa shape index (κ3) is 8.43. The first-order chi connectivity index (χ1) is 22.9. The molecule has 3 N–H and O–H groups in total. The summed E-state index contributed by atoms with van der Waals surface area (Å²) in [6, 6.07) is 29.6. The highest BCUT2D eigenvalue weighted by atomic mass is 35.5. The van der Waals surface area contributed by atoms with Crippen LogP contribution in [0.5, 0.6) is 5.75 Å². The fourth-order valence-electron chi connectivity index (χ4n) is 5.37. The molecule has 0 bridgehead atoms. The van der Waals surface area contributed by atoms with Crippen LogP contribution in [-0.2, 0) is 28.9 Å². The number of azide groups is 1. The molecular weight excluding hydrogens is 639 g/mol. The summed E-state index contributed by atoms with van der Waals surface area (Å²) in [5.41, 5.74) is 17.4. The zero-order valence-corrected chi connectivity index (χ0v) is 27.0. The average Bonchev–Trinajstić information content (AvgIpc) is 3.48. The average molecular weight is 674 g/mol. The van der Waals surface area contributed by atoms with Crippen LogP contribution in [0.1, 0.15) is 40.3 Å². The number of amides is 1. The van der Waals surface area contributed by atoms with Crippen LogP contribution in [0, 0.1) is 0 Å². The summed E-state index contributed by atoms with van der Waals surface area (Å²) in [5, 5.41) is 13.9. The summed E-state index contributed by atoms with van der Waals surface area (Å²) in [4.78, 5) is 22.4. The highest BCUT2D eigenvalue weighted by Crippen LogP contribution is 2.43. The number of hydrogen-bond acceptors (Lipinski definition) is 7. The highest BCUT2D eigenvalue weighted by molar-refractivity contribution is 6.35. The van der Waals surface area contributed by atoms with Gasteiger partial charge in [0.1, 0.15) is 5.75 Å². The number of nitrogens with one attached hydrogen (secondary N) is 2. The number of hydrazine groups is 1. The van der Waals surface area contributed by atoms with Gasteiger partial charge in [0.2, 0.25) is 5.90 Å². The van der Waals surface area contributed by atoms with E-state index < -0.39 is 17.6 Å². The van der Waals surface area contributed by atoms with Crippen LogP contribution < -0.4 is 15.6 Å². The Kier molecular flexibility index (Phi) is 11.7. The Balaban J connectivity index is 1.50. The molecule has 0 saturated carbocycles. The van der Waals surface area contributed by atoms with E-state index in [1.165, 1.54) is 0 Å². The molecule has 0 unspecified atom stereocenters. The van der Waals surface area contributed by atoms with E-state index in [1.807, 2.05) is 72.8 Å². The Morgan fingerprint density at radius 2 is 1.74 bits per heavy atom. The van der Waals surface area contributed by atoms with Gasteiger partial charge >= 0.3 is 0 Å². The van der Waals surface area contributed by atoms with Crippen LogP contribution in [-0.4, -0.2) is 42.2 Å². The molecule has 4 aromatic carbocycles. The first-order valence-electron chi connectivity index (χ1n) is 15.1. The number of ether oxygens (including phenoxy) is 2. The Labute approximate surface area is 282 Å². The topological polar surface area (TPSA) is 141 Å². The van der Waals surface area contributed by atoms with Gasteiger partial charge in [-0.3, -0.25) is 10.2 Å². The van der Waals surface area contributed by atoms with E-state index in [1.54, 1.807) is 24.3 Å². The van der Waals surface area contributed by atoms with Crippen LogP contribution >= 0.6 is 23.2 Å². The van der Waals surface area contributed by atoms with Crippen molar-refractivity contribution in [3.63, 3.8) is 0 Å². The Bertz CT molecular complexity index is 1750. The van der Waals surface area contributed by atoms with Gasteiger partial charge < -0.3 is 14.6 Å². The summed E-state index contributed by atoms with van der Waals surface area (Å²) in [7, 11) is 0. The molecule has 1 amide bonds. The number of aliphatic imine (C=N–C) groups is 1. The third-order valence-corrected chi connectivity index (χ3v) is 8.34. The van der Waals surface area contributed by atoms with Crippen molar-refractivity contribution in [2.75, 3.05) is 19.8 Å². The van der Waals surface area contributed by atoms with Gasteiger partial charge in [0.05, 0.1) is 13.2 Å². The van der Waals surface area contributed by atoms with E-state index in [4.69, 9.17) is 48.3 Å². The Morgan fingerprint density at radius 1 is 1.00 bits per heavy atom. The molecule has 0 saturated heterocycles. The van der Waals surface area contributed by atoms with E-state index in [0.717, 1.165) is 22.3 Å². The molecule has 1 heterocycles. The largest absolute Gasteiger partial charge is 0.494 e. The molecule has 242 valence electrons. The van der Waals surface area contributed by atoms with Gasteiger partial charge in [-0.15, -0.1) is 0 Å². The molecule has 0 fully saturated rings. The van der Waals surface area contributed by atoms with E-state index >= 15 is 0 Å². The SMILES string of the molecule is [N-]=[N+]=NCc1ccccc1C[C@]1(C(=O)NNCCc2ccc(Cl)cc2Cl)N=C(c2ccc(OCCCO)cc2)O[C@H]1c1ccccc1. The number of carbonyl (C=O) groups excluding carboxylic acids is 1. The molecular formula is C35H34Cl2N6O4. The van der Waals surface area contributed by atoms with Crippen LogP contribution in [0.2, 0.25) is 10.0 Å². The molecule has 12 heteroatoms. The van der Waals surface area contributed by atoms with Crippen molar-refractivity contribution in [1.29, 1.82) is 0 Å². The molecule has 1 aliphatic rings. The number of benzene rings is 4. The van der Waals surface area contributed by atoms with Gasteiger partial charge in [0.25, 0.3) is 5.91 Å². The standard InChI is InChI=1S/C35H34Cl2N6O4/c36-29-14-11-24(31(37)21-29)17-18-39-42-34(45)35(22-27-9-4-5-10-28(27)23-40-43-38)32(25-7-2-1-3-8-25)47-33(41-35)26-12-15-30(16-13-26)46-20-6-19-44/h1-5,7-16,21,32,39,44H,6,17-20,22-23H2,(H,42,45)/t32-,35-/m0/s1. The fourth-order valence-corrected chi connectivity index (χ4v) is 5.87. The number of halogens is 2. The molecule has 4 aromatic rings. The van der Waals surface area contributed by atoms with Crippen molar-refractivity contribution in [3.8, 4) is 5.75 Å².